The zero-order chi connectivity index (χ0) is 13.8. The summed E-state index contributed by atoms with van der Waals surface area (Å²) < 4.78 is -0.188. The van der Waals surface area contributed by atoms with Gasteiger partial charge in [0.15, 0.2) is 0 Å². The fourth-order valence-electron chi connectivity index (χ4n) is 3.45. The Morgan fingerprint density at radius 2 is 1.78 bits per heavy atom. The SMILES string of the molecule is C[C@H]1C[C@H](NC(=O)[C@@]2(C)CC2(Br)Br)CC(C)(C)C1. The number of halogens is 2. The molecule has 0 aromatic rings. The van der Waals surface area contributed by atoms with Crippen LogP contribution in [-0.2, 0) is 4.79 Å². The molecule has 0 aliphatic heterocycles. The van der Waals surface area contributed by atoms with E-state index in [9.17, 15) is 4.79 Å². The summed E-state index contributed by atoms with van der Waals surface area (Å²) in [6, 6.07) is 0.337. The second-order valence-corrected chi connectivity index (χ2v) is 11.1. The van der Waals surface area contributed by atoms with Crippen molar-refractivity contribution in [3.8, 4) is 0 Å². The van der Waals surface area contributed by atoms with Crippen molar-refractivity contribution >= 4 is 37.8 Å². The Hall–Kier alpha value is 0.430. The van der Waals surface area contributed by atoms with Crippen molar-refractivity contribution in [2.75, 3.05) is 0 Å². The van der Waals surface area contributed by atoms with Gasteiger partial charge in [0.1, 0.15) is 0 Å². The van der Waals surface area contributed by atoms with Crippen LogP contribution in [0.4, 0.5) is 0 Å². The highest BCUT2D eigenvalue weighted by molar-refractivity contribution is 9.25. The third kappa shape index (κ3) is 2.79. The van der Waals surface area contributed by atoms with Crippen molar-refractivity contribution in [3.63, 3.8) is 0 Å². The number of carbonyl (C=O) groups excluding carboxylic acids is 1. The highest BCUT2D eigenvalue weighted by atomic mass is 79.9. The number of amides is 1. The van der Waals surface area contributed by atoms with Crippen molar-refractivity contribution in [1.82, 2.24) is 5.32 Å². The zero-order valence-corrected chi connectivity index (χ0v) is 14.8. The van der Waals surface area contributed by atoms with Gasteiger partial charge in [-0.2, -0.15) is 0 Å². The second-order valence-electron chi connectivity index (χ2n) is 7.30. The van der Waals surface area contributed by atoms with Gasteiger partial charge in [0.05, 0.1) is 8.65 Å². The summed E-state index contributed by atoms with van der Waals surface area (Å²) in [6.45, 7) is 8.92. The molecule has 2 aliphatic rings. The number of nitrogens with one attached hydrogen (secondary N) is 1. The summed E-state index contributed by atoms with van der Waals surface area (Å²) in [5.41, 5.74) is 0.0534. The summed E-state index contributed by atoms with van der Waals surface area (Å²) in [7, 11) is 0. The van der Waals surface area contributed by atoms with Crippen molar-refractivity contribution < 1.29 is 4.79 Å². The molecule has 2 fully saturated rings. The Morgan fingerprint density at radius 1 is 1.22 bits per heavy atom. The third-order valence-corrected chi connectivity index (χ3v) is 6.79. The van der Waals surface area contributed by atoms with E-state index in [0.29, 0.717) is 17.4 Å². The van der Waals surface area contributed by atoms with Gasteiger partial charge >= 0.3 is 0 Å². The number of rotatable bonds is 2. The van der Waals surface area contributed by atoms with Crippen LogP contribution in [0.25, 0.3) is 0 Å². The molecule has 4 heteroatoms. The largest absolute Gasteiger partial charge is 0.353 e. The average Bonchev–Trinajstić information content (AvgIpc) is 2.63. The summed E-state index contributed by atoms with van der Waals surface area (Å²) in [6.07, 6.45) is 4.33. The van der Waals surface area contributed by atoms with Crippen LogP contribution in [0.2, 0.25) is 0 Å². The van der Waals surface area contributed by atoms with Crippen LogP contribution in [0.1, 0.15) is 53.4 Å². The topological polar surface area (TPSA) is 29.1 Å². The molecule has 18 heavy (non-hydrogen) atoms. The van der Waals surface area contributed by atoms with E-state index in [1.54, 1.807) is 0 Å². The maximum Gasteiger partial charge on any atom is 0.228 e. The molecule has 0 heterocycles. The predicted octanol–water partition coefficient (Wildman–Crippen LogP) is 4.21. The predicted molar refractivity (Wildman–Crippen MR) is 82.0 cm³/mol. The van der Waals surface area contributed by atoms with Gasteiger partial charge < -0.3 is 5.32 Å². The van der Waals surface area contributed by atoms with E-state index in [2.05, 4.69) is 57.9 Å². The maximum atomic E-state index is 12.4. The lowest BCUT2D eigenvalue weighted by atomic mass is 9.70. The quantitative estimate of drug-likeness (QED) is 0.714. The van der Waals surface area contributed by atoms with E-state index in [4.69, 9.17) is 0 Å². The minimum Gasteiger partial charge on any atom is -0.353 e. The van der Waals surface area contributed by atoms with Crippen molar-refractivity contribution in [3.05, 3.63) is 0 Å². The minimum absolute atomic E-state index is 0.186. The standard InChI is InChI=1S/C14H23Br2NO/c1-9-5-10(7-12(2,3)6-9)17-11(18)13(4)8-14(13,15)16/h9-10H,5-8H2,1-4H3,(H,17,18)/t9-,10-,13+/m0/s1. The third-order valence-electron chi connectivity index (χ3n) is 4.48. The Bertz CT molecular complexity index is 367. The molecule has 2 saturated carbocycles. The summed E-state index contributed by atoms with van der Waals surface area (Å²) >= 11 is 7.13. The van der Waals surface area contributed by atoms with Gasteiger partial charge in [-0.05, 0) is 43.9 Å². The fourth-order valence-corrected chi connectivity index (χ4v) is 4.93. The average molecular weight is 381 g/mol. The number of hydrogen-bond donors (Lipinski definition) is 1. The molecular formula is C14H23Br2NO. The highest BCUT2D eigenvalue weighted by Gasteiger charge is 2.66. The van der Waals surface area contributed by atoms with Crippen LogP contribution in [0, 0.1) is 16.7 Å². The molecule has 0 bridgehead atoms. The first-order valence-corrected chi connectivity index (χ1v) is 8.33. The lowest BCUT2D eigenvalue weighted by molar-refractivity contribution is -0.127. The molecule has 0 aromatic heterocycles. The Morgan fingerprint density at radius 3 is 2.22 bits per heavy atom. The molecule has 104 valence electrons. The molecule has 2 aliphatic carbocycles. The smallest absolute Gasteiger partial charge is 0.228 e. The molecule has 0 spiro atoms. The number of alkyl halides is 2. The van der Waals surface area contributed by atoms with Crippen LogP contribution in [-0.4, -0.2) is 15.2 Å². The Balaban J connectivity index is 1.96. The molecule has 0 radical (unpaired) electrons. The molecule has 2 rings (SSSR count). The molecule has 0 aromatic carbocycles. The van der Waals surface area contributed by atoms with Crippen LogP contribution in [0.5, 0.6) is 0 Å². The van der Waals surface area contributed by atoms with Crippen LogP contribution in [0.15, 0.2) is 0 Å². The molecular weight excluding hydrogens is 358 g/mol. The van der Waals surface area contributed by atoms with Gasteiger partial charge in [0.2, 0.25) is 5.91 Å². The van der Waals surface area contributed by atoms with Crippen LogP contribution < -0.4 is 5.32 Å². The Labute approximate surface area is 127 Å². The van der Waals surface area contributed by atoms with Gasteiger partial charge in [-0.3, -0.25) is 4.79 Å². The molecule has 1 amide bonds. The van der Waals surface area contributed by atoms with E-state index >= 15 is 0 Å². The van der Waals surface area contributed by atoms with E-state index in [1.165, 1.54) is 6.42 Å². The minimum atomic E-state index is -0.294. The van der Waals surface area contributed by atoms with Gasteiger partial charge in [-0.25, -0.2) is 0 Å². The summed E-state index contributed by atoms with van der Waals surface area (Å²) in [5, 5.41) is 3.26. The lowest BCUT2D eigenvalue weighted by Crippen LogP contribution is -2.46. The van der Waals surface area contributed by atoms with Gasteiger partial charge in [-0.1, -0.05) is 52.6 Å². The van der Waals surface area contributed by atoms with Gasteiger partial charge in [0.25, 0.3) is 0 Å². The van der Waals surface area contributed by atoms with E-state index < -0.39 is 0 Å². The monoisotopic (exact) mass is 379 g/mol. The molecule has 0 saturated heterocycles. The van der Waals surface area contributed by atoms with Gasteiger partial charge in [0, 0.05) is 6.04 Å². The van der Waals surface area contributed by atoms with Crippen LogP contribution >= 0.6 is 31.9 Å². The number of hydrogen-bond acceptors (Lipinski definition) is 1. The Kier molecular flexibility index (Phi) is 3.69. The van der Waals surface area contributed by atoms with E-state index in [1.807, 2.05) is 6.92 Å². The maximum absolute atomic E-state index is 12.4. The van der Waals surface area contributed by atoms with E-state index in [-0.39, 0.29) is 14.6 Å². The first-order chi connectivity index (χ1) is 8.06. The van der Waals surface area contributed by atoms with Crippen LogP contribution in [0.3, 0.4) is 0 Å². The van der Waals surface area contributed by atoms with E-state index in [0.717, 1.165) is 19.3 Å². The second kappa shape index (κ2) is 4.47. The molecule has 1 N–H and O–H groups in total. The normalized spacial score (nSPS) is 41.2. The first kappa shape index (κ1) is 14.8. The van der Waals surface area contributed by atoms with Crippen molar-refractivity contribution in [2.45, 2.75) is 62.7 Å². The van der Waals surface area contributed by atoms with Crippen molar-refractivity contribution in [1.29, 1.82) is 0 Å². The zero-order valence-electron chi connectivity index (χ0n) is 11.6. The molecule has 0 unspecified atom stereocenters. The highest BCUT2D eigenvalue weighted by Crippen LogP contribution is 2.66. The van der Waals surface area contributed by atoms with Crippen molar-refractivity contribution in [2.24, 2.45) is 16.7 Å². The first-order valence-electron chi connectivity index (χ1n) is 6.75. The lowest BCUT2D eigenvalue weighted by Gasteiger charge is -2.39. The van der Waals surface area contributed by atoms with Gasteiger partial charge in [-0.15, -0.1) is 0 Å². The number of carbonyl (C=O) groups is 1. The molecule has 2 nitrogen and oxygen atoms in total. The summed E-state index contributed by atoms with van der Waals surface area (Å²) in [4.78, 5) is 12.4. The fraction of sp³-hybridized carbons (Fsp3) is 0.929. The summed E-state index contributed by atoms with van der Waals surface area (Å²) in [5.74, 6) is 0.884. The molecule has 3 atom stereocenters.